The topological polar surface area (TPSA) is 184 Å². The van der Waals surface area contributed by atoms with E-state index in [0.29, 0.717) is 0 Å². The second-order valence-electron chi connectivity index (χ2n) is 0.283. The van der Waals surface area contributed by atoms with Gasteiger partial charge in [0.25, 0.3) is 0 Å². The SMILES string of the molecule is O.O.O.O.O=C(O)O.[PbH2].[Ti]. The summed E-state index contributed by atoms with van der Waals surface area (Å²) in [4.78, 5) is 8.56. The molecule has 0 aromatic heterocycles. The Hall–Kier alpha value is 0.746. The Labute approximate surface area is 91.7 Å². The van der Waals surface area contributed by atoms with E-state index >= 15 is 0 Å². The van der Waals surface area contributed by atoms with Crippen molar-refractivity contribution in [2.24, 2.45) is 0 Å². The second-order valence-corrected chi connectivity index (χ2v) is 0.283. The molecule has 2 radical (unpaired) electrons. The van der Waals surface area contributed by atoms with E-state index in [2.05, 4.69) is 0 Å². The maximum atomic E-state index is 8.56. The van der Waals surface area contributed by atoms with Crippen LogP contribution in [0.2, 0.25) is 0 Å². The first-order valence-corrected chi connectivity index (χ1v) is 0.651. The van der Waals surface area contributed by atoms with Crippen molar-refractivity contribution in [2.75, 3.05) is 0 Å². The van der Waals surface area contributed by atoms with Gasteiger partial charge in [0.15, 0.2) is 0 Å². The van der Waals surface area contributed by atoms with Crippen molar-refractivity contribution < 1.29 is 58.6 Å². The first kappa shape index (κ1) is 72.7. The van der Waals surface area contributed by atoms with Crippen LogP contribution < -0.4 is 0 Å². The molecule has 0 aliphatic heterocycles. The summed E-state index contributed by atoms with van der Waals surface area (Å²) >= 11 is 0. The summed E-state index contributed by atoms with van der Waals surface area (Å²) in [6.45, 7) is 0. The van der Waals surface area contributed by atoms with E-state index in [0.717, 1.165) is 0 Å². The van der Waals surface area contributed by atoms with Crippen LogP contribution in [0.4, 0.5) is 4.79 Å². The minimum atomic E-state index is -1.83. The molecule has 0 unspecified atom stereocenters. The van der Waals surface area contributed by atoms with Crippen LogP contribution in [-0.4, -0.2) is 65.6 Å². The zero-order valence-electron chi connectivity index (χ0n) is 5.01. The van der Waals surface area contributed by atoms with Crippen LogP contribution in [0.3, 0.4) is 0 Å². The number of carbonyl (C=O) groups is 1. The van der Waals surface area contributed by atoms with E-state index in [9.17, 15) is 0 Å². The molecule has 0 saturated heterocycles. The summed E-state index contributed by atoms with van der Waals surface area (Å²) < 4.78 is 0. The third-order valence-corrected chi connectivity index (χ3v) is 0. The molecule has 0 aromatic carbocycles. The van der Waals surface area contributed by atoms with Crippen molar-refractivity contribution in [3.8, 4) is 0 Å². The van der Waals surface area contributed by atoms with Gasteiger partial charge in [0.05, 0.1) is 0 Å². The van der Waals surface area contributed by atoms with Gasteiger partial charge in [-0.2, -0.15) is 0 Å². The smallest absolute Gasteiger partial charge is 0 e. The van der Waals surface area contributed by atoms with Crippen LogP contribution in [0.25, 0.3) is 0 Å². The van der Waals surface area contributed by atoms with Crippen LogP contribution in [0, 0.1) is 0 Å². The third-order valence-electron chi connectivity index (χ3n) is 0. The zero-order valence-corrected chi connectivity index (χ0v) is 12.1. The molecule has 66 valence electrons. The minimum absolute atomic E-state index is 0. The van der Waals surface area contributed by atoms with Crippen molar-refractivity contribution in [2.45, 2.75) is 0 Å². The van der Waals surface area contributed by atoms with Gasteiger partial charge in [-0.3, -0.25) is 0 Å². The molecule has 0 bridgehead atoms. The molecule has 0 spiro atoms. The Morgan fingerprint density at radius 1 is 0.900 bits per heavy atom. The van der Waals surface area contributed by atoms with E-state index in [-0.39, 0.29) is 70.9 Å². The molecular weight excluding hydrogens is 379 g/mol. The van der Waals surface area contributed by atoms with Crippen molar-refractivity contribution in [1.29, 1.82) is 0 Å². The molecule has 0 saturated carbocycles. The van der Waals surface area contributed by atoms with Crippen LogP contribution in [-0.2, 0) is 21.7 Å². The van der Waals surface area contributed by atoms with Crippen LogP contribution in [0.15, 0.2) is 0 Å². The maximum absolute atomic E-state index is 8.56. The number of hydrogen-bond donors (Lipinski definition) is 2. The predicted molar refractivity (Wildman–Crippen MR) is 33.7 cm³/mol. The Bertz CT molecular complexity index is 36.6. The molecule has 0 fully saturated rings. The Morgan fingerprint density at radius 2 is 0.900 bits per heavy atom. The van der Waals surface area contributed by atoms with Crippen molar-refractivity contribution >= 4 is 33.5 Å². The van der Waals surface area contributed by atoms with Gasteiger partial charge >= 0.3 is 33.5 Å². The normalized spacial score (nSPS) is 2.40. The van der Waals surface area contributed by atoms with E-state index in [1.54, 1.807) is 0 Å². The minimum Gasteiger partial charge on any atom is 0 e. The van der Waals surface area contributed by atoms with Crippen LogP contribution in [0.5, 0.6) is 0 Å². The average molecular weight is 391 g/mol. The fourth-order valence-electron chi connectivity index (χ4n) is 0. The van der Waals surface area contributed by atoms with E-state index < -0.39 is 6.16 Å². The first-order valence-electron chi connectivity index (χ1n) is 0.651. The van der Waals surface area contributed by atoms with Gasteiger partial charge in [-0.25, -0.2) is 4.79 Å². The standard InChI is InChI=1S/CH2O3.4H2O.Pb.Ti.2H/c2-1(3)4;;;;;;;;/h(H2,2,3,4);4*1H2;;;;. The summed E-state index contributed by atoms with van der Waals surface area (Å²) in [6.07, 6.45) is -1.83. The fourth-order valence-corrected chi connectivity index (χ4v) is 0. The summed E-state index contributed by atoms with van der Waals surface area (Å²) in [5.41, 5.74) is 0. The predicted octanol–water partition coefficient (Wildman–Crippen LogP) is -4.00. The van der Waals surface area contributed by atoms with E-state index in [1.807, 2.05) is 0 Å². The fraction of sp³-hybridized carbons (Fsp3) is 0. The van der Waals surface area contributed by atoms with E-state index in [4.69, 9.17) is 15.0 Å². The third kappa shape index (κ3) is 942. The van der Waals surface area contributed by atoms with Crippen LogP contribution >= 0.6 is 0 Å². The van der Waals surface area contributed by atoms with E-state index in [1.165, 1.54) is 0 Å². The van der Waals surface area contributed by atoms with Crippen molar-refractivity contribution in [3.05, 3.63) is 0 Å². The molecule has 7 nitrogen and oxygen atoms in total. The van der Waals surface area contributed by atoms with Crippen molar-refractivity contribution in [3.63, 3.8) is 0 Å². The summed E-state index contributed by atoms with van der Waals surface area (Å²) in [5.74, 6) is 0. The second kappa shape index (κ2) is 53.1. The molecular formula is CH12O7PbTi. The van der Waals surface area contributed by atoms with Gasteiger partial charge in [-0.05, 0) is 0 Å². The summed E-state index contributed by atoms with van der Waals surface area (Å²) in [5, 5.41) is 13.9. The molecule has 10 heavy (non-hydrogen) atoms. The first-order chi connectivity index (χ1) is 1.73. The van der Waals surface area contributed by atoms with Gasteiger partial charge in [0, 0.05) is 21.7 Å². The molecule has 0 heterocycles. The van der Waals surface area contributed by atoms with Gasteiger partial charge in [-0.1, -0.05) is 0 Å². The average Bonchev–Trinajstić information content (AvgIpc) is 0.811. The largest absolute Gasteiger partial charge is 0 e. The number of carboxylic acid groups (broad SMARTS) is 2. The number of rotatable bonds is 0. The van der Waals surface area contributed by atoms with Gasteiger partial charge < -0.3 is 32.1 Å². The Balaban J connectivity index is -0.00000000300. The van der Waals surface area contributed by atoms with Crippen molar-refractivity contribution in [1.82, 2.24) is 0 Å². The number of hydrogen-bond acceptors (Lipinski definition) is 1. The monoisotopic (exact) mass is 392 g/mol. The Kier molecular flexibility index (Phi) is 386. The molecule has 9 heteroatoms. The molecule has 0 amide bonds. The zero-order chi connectivity index (χ0) is 3.58. The van der Waals surface area contributed by atoms with Gasteiger partial charge in [-0.15, -0.1) is 0 Å². The maximum Gasteiger partial charge on any atom is 0 e. The molecule has 0 aromatic rings. The van der Waals surface area contributed by atoms with Gasteiger partial charge in [0.1, 0.15) is 0 Å². The quantitative estimate of drug-likeness (QED) is 0.400. The molecule has 0 aliphatic carbocycles. The van der Waals surface area contributed by atoms with Gasteiger partial charge in [0.2, 0.25) is 0 Å². The Morgan fingerprint density at radius 3 is 0.900 bits per heavy atom. The molecule has 10 N–H and O–H groups in total. The summed E-state index contributed by atoms with van der Waals surface area (Å²) in [6, 6.07) is 0. The summed E-state index contributed by atoms with van der Waals surface area (Å²) in [7, 11) is 0. The molecule has 0 atom stereocenters. The van der Waals surface area contributed by atoms with Crippen LogP contribution in [0.1, 0.15) is 0 Å². The molecule has 0 aliphatic rings. The molecule has 0 rings (SSSR count).